The molecule has 27 heavy (non-hydrogen) atoms. The van der Waals surface area contributed by atoms with Crippen LogP contribution in [0.2, 0.25) is 5.02 Å². The SMILES string of the molecule is CS(=O)(=O)c1ccc(C(=O)NC(c2ccccc2)c2ccc(Cl)cc2)cc1. The molecule has 1 unspecified atom stereocenters. The van der Waals surface area contributed by atoms with Crippen LogP contribution in [0.5, 0.6) is 0 Å². The molecule has 1 atom stereocenters. The van der Waals surface area contributed by atoms with Gasteiger partial charge in [0.1, 0.15) is 0 Å². The first-order chi connectivity index (χ1) is 12.8. The van der Waals surface area contributed by atoms with Crippen molar-refractivity contribution >= 4 is 27.3 Å². The topological polar surface area (TPSA) is 63.2 Å². The summed E-state index contributed by atoms with van der Waals surface area (Å²) >= 11 is 5.98. The van der Waals surface area contributed by atoms with E-state index in [0.717, 1.165) is 17.4 Å². The van der Waals surface area contributed by atoms with E-state index in [1.165, 1.54) is 24.3 Å². The second-order valence-electron chi connectivity index (χ2n) is 6.17. The number of halogens is 1. The minimum absolute atomic E-state index is 0.177. The van der Waals surface area contributed by atoms with Crippen LogP contribution in [0.3, 0.4) is 0 Å². The fourth-order valence-corrected chi connectivity index (χ4v) is 3.48. The molecule has 138 valence electrons. The van der Waals surface area contributed by atoms with E-state index in [9.17, 15) is 13.2 Å². The molecule has 0 saturated carbocycles. The number of carbonyl (C=O) groups excluding carboxylic acids is 1. The fraction of sp³-hybridized carbons (Fsp3) is 0.0952. The van der Waals surface area contributed by atoms with Gasteiger partial charge in [-0.15, -0.1) is 0 Å². The van der Waals surface area contributed by atoms with E-state index < -0.39 is 9.84 Å². The van der Waals surface area contributed by atoms with Crippen molar-refractivity contribution in [1.29, 1.82) is 0 Å². The number of hydrogen-bond donors (Lipinski definition) is 1. The zero-order valence-corrected chi connectivity index (χ0v) is 16.2. The predicted molar refractivity (Wildman–Crippen MR) is 107 cm³/mol. The van der Waals surface area contributed by atoms with E-state index in [4.69, 9.17) is 11.6 Å². The first-order valence-corrected chi connectivity index (χ1v) is 10.5. The molecule has 1 N–H and O–H groups in total. The van der Waals surface area contributed by atoms with Crippen molar-refractivity contribution in [3.8, 4) is 0 Å². The monoisotopic (exact) mass is 399 g/mol. The number of carbonyl (C=O) groups is 1. The molecule has 4 nitrogen and oxygen atoms in total. The van der Waals surface area contributed by atoms with E-state index in [-0.39, 0.29) is 16.8 Å². The maximum atomic E-state index is 12.7. The molecule has 0 radical (unpaired) electrons. The lowest BCUT2D eigenvalue weighted by molar-refractivity contribution is 0.0943. The molecule has 0 fully saturated rings. The van der Waals surface area contributed by atoms with Crippen molar-refractivity contribution in [2.24, 2.45) is 0 Å². The predicted octanol–water partition coefficient (Wildman–Crippen LogP) is 4.26. The Labute approximate surface area is 163 Å². The Kier molecular flexibility index (Phi) is 5.63. The summed E-state index contributed by atoms with van der Waals surface area (Å²) in [6.45, 7) is 0. The van der Waals surface area contributed by atoms with E-state index in [1.807, 2.05) is 42.5 Å². The highest BCUT2D eigenvalue weighted by Crippen LogP contribution is 2.24. The van der Waals surface area contributed by atoms with Gasteiger partial charge in [-0.2, -0.15) is 0 Å². The Morgan fingerprint density at radius 1 is 0.852 bits per heavy atom. The van der Waals surface area contributed by atoms with E-state index in [2.05, 4.69) is 5.32 Å². The largest absolute Gasteiger partial charge is 0.341 e. The lowest BCUT2D eigenvalue weighted by Crippen LogP contribution is -2.29. The van der Waals surface area contributed by atoms with E-state index in [0.29, 0.717) is 10.6 Å². The average Bonchev–Trinajstić information content (AvgIpc) is 2.67. The van der Waals surface area contributed by atoms with E-state index in [1.54, 1.807) is 12.1 Å². The standard InChI is InChI=1S/C21H18ClNO3S/c1-27(25,26)19-13-9-17(10-14-19)21(24)23-20(15-5-3-2-4-6-15)16-7-11-18(22)12-8-16/h2-14,20H,1H3,(H,23,24). The van der Waals surface area contributed by atoms with Gasteiger partial charge < -0.3 is 5.32 Å². The molecule has 3 rings (SSSR count). The van der Waals surface area contributed by atoms with Crippen molar-refractivity contribution in [3.63, 3.8) is 0 Å². The molecule has 0 saturated heterocycles. The van der Waals surface area contributed by atoms with Crippen LogP contribution in [0.25, 0.3) is 0 Å². The van der Waals surface area contributed by atoms with Gasteiger partial charge in [-0.25, -0.2) is 8.42 Å². The number of benzene rings is 3. The average molecular weight is 400 g/mol. The van der Waals surface area contributed by atoms with Crippen LogP contribution in [-0.4, -0.2) is 20.6 Å². The van der Waals surface area contributed by atoms with Gasteiger partial charge in [-0.3, -0.25) is 4.79 Å². The van der Waals surface area contributed by atoms with Gasteiger partial charge in [0.2, 0.25) is 0 Å². The highest BCUT2D eigenvalue weighted by atomic mass is 35.5. The lowest BCUT2D eigenvalue weighted by atomic mass is 9.98. The number of sulfone groups is 1. The van der Waals surface area contributed by atoms with Crippen LogP contribution in [0.1, 0.15) is 27.5 Å². The van der Waals surface area contributed by atoms with Crippen LogP contribution < -0.4 is 5.32 Å². The first-order valence-electron chi connectivity index (χ1n) is 8.26. The lowest BCUT2D eigenvalue weighted by Gasteiger charge is -2.20. The third-order valence-corrected chi connectivity index (χ3v) is 5.54. The number of hydrogen-bond acceptors (Lipinski definition) is 3. The third-order valence-electron chi connectivity index (χ3n) is 4.16. The Balaban J connectivity index is 1.90. The fourth-order valence-electron chi connectivity index (χ4n) is 2.73. The van der Waals surface area contributed by atoms with Gasteiger partial charge in [-0.05, 0) is 47.5 Å². The maximum absolute atomic E-state index is 12.7. The second-order valence-corrected chi connectivity index (χ2v) is 8.62. The minimum atomic E-state index is -3.30. The molecule has 3 aromatic carbocycles. The van der Waals surface area contributed by atoms with Gasteiger partial charge in [0.15, 0.2) is 9.84 Å². The van der Waals surface area contributed by atoms with Crippen molar-refractivity contribution in [3.05, 3.63) is 101 Å². The van der Waals surface area contributed by atoms with Crippen LogP contribution in [0.4, 0.5) is 0 Å². The van der Waals surface area contributed by atoms with Gasteiger partial charge in [0, 0.05) is 16.8 Å². The molecule has 1 amide bonds. The minimum Gasteiger partial charge on any atom is -0.341 e. The molecule has 0 heterocycles. The van der Waals surface area contributed by atoms with Gasteiger partial charge in [-0.1, -0.05) is 54.1 Å². The summed E-state index contributed by atoms with van der Waals surface area (Å²) in [6, 6.07) is 22.4. The van der Waals surface area contributed by atoms with Crippen LogP contribution in [-0.2, 0) is 9.84 Å². The number of amides is 1. The summed E-state index contributed by atoms with van der Waals surface area (Å²) in [7, 11) is -3.30. The maximum Gasteiger partial charge on any atom is 0.252 e. The summed E-state index contributed by atoms with van der Waals surface area (Å²) in [5.41, 5.74) is 2.21. The zero-order chi connectivity index (χ0) is 19.4. The van der Waals surface area contributed by atoms with Crippen LogP contribution in [0.15, 0.2) is 83.8 Å². The van der Waals surface area contributed by atoms with Crippen LogP contribution in [0, 0.1) is 0 Å². The summed E-state index contributed by atoms with van der Waals surface area (Å²) < 4.78 is 23.2. The Hall–Kier alpha value is -2.63. The van der Waals surface area contributed by atoms with Crippen molar-refractivity contribution in [1.82, 2.24) is 5.32 Å². The second kappa shape index (κ2) is 7.94. The molecule has 0 aliphatic heterocycles. The molecule has 0 aliphatic carbocycles. The summed E-state index contributed by atoms with van der Waals surface area (Å²) in [5.74, 6) is -0.293. The molecular formula is C21H18ClNO3S. The highest BCUT2D eigenvalue weighted by molar-refractivity contribution is 7.90. The Bertz CT molecular complexity index is 1030. The molecule has 3 aromatic rings. The normalized spacial score (nSPS) is 12.4. The summed E-state index contributed by atoms with van der Waals surface area (Å²) in [5, 5.41) is 3.63. The van der Waals surface area contributed by atoms with Crippen molar-refractivity contribution < 1.29 is 13.2 Å². The van der Waals surface area contributed by atoms with Gasteiger partial charge in [0.05, 0.1) is 10.9 Å². The first kappa shape index (κ1) is 19.1. The smallest absolute Gasteiger partial charge is 0.252 e. The number of rotatable bonds is 5. The Morgan fingerprint density at radius 3 is 1.96 bits per heavy atom. The zero-order valence-electron chi connectivity index (χ0n) is 14.6. The van der Waals surface area contributed by atoms with Crippen molar-refractivity contribution in [2.75, 3.05) is 6.26 Å². The highest BCUT2D eigenvalue weighted by Gasteiger charge is 2.18. The van der Waals surface area contributed by atoms with E-state index >= 15 is 0 Å². The van der Waals surface area contributed by atoms with Gasteiger partial charge in [0.25, 0.3) is 5.91 Å². The molecule has 0 bridgehead atoms. The molecular weight excluding hydrogens is 382 g/mol. The quantitative estimate of drug-likeness (QED) is 0.697. The molecule has 0 spiro atoms. The summed E-state index contributed by atoms with van der Waals surface area (Å²) in [6.07, 6.45) is 1.13. The molecule has 0 aromatic heterocycles. The molecule has 0 aliphatic rings. The van der Waals surface area contributed by atoms with Gasteiger partial charge >= 0.3 is 0 Å². The Morgan fingerprint density at radius 2 is 1.41 bits per heavy atom. The number of nitrogens with one attached hydrogen (secondary N) is 1. The summed E-state index contributed by atoms with van der Waals surface area (Å²) in [4.78, 5) is 12.9. The third kappa shape index (κ3) is 4.76. The van der Waals surface area contributed by atoms with Crippen LogP contribution >= 0.6 is 11.6 Å². The molecule has 6 heteroatoms. The van der Waals surface area contributed by atoms with Crippen molar-refractivity contribution in [2.45, 2.75) is 10.9 Å².